The van der Waals surface area contributed by atoms with Crippen molar-refractivity contribution in [3.05, 3.63) is 53.6 Å². The largest absolute Gasteiger partial charge is 0.495 e. The number of benzene rings is 2. The van der Waals surface area contributed by atoms with E-state index in [1.807, 2.05) is 0 Å². The van der Waals surface area contributed by atoms with Crippen LogP contribution in [-0.4, -0.2) is 46.6 Å². The summed E-state index contributed by atoms with van der Waals surface area (Å²) in [4.78, 5) is 0.134. The molecular formula is C17H18ClNO5S2. The fourth-order valence-corrected chi connectivity index (χ4v) is 6.69. The summed E-state index contributed by atoms with van der Waals surface area (Å²) in [5.74, 6) is 0.170. The number of rotatable bonds is 5. The molecule has 1 fully saturated rings. The summed E-state index contributed by atoms with van der Waals surface area (Å²) in [6, 6.07) is 12.4. The van der Waals surface area contributed by atoms with Crippen LogP contribution in [0.2, 0.25) is 5.02 Å². The van der Waals surface area contributed by atoms with E-state index in [0.29, 0.717) is 0 Å². The molecule has 1 aliphatic rings. The standard InChI is InChI=1S/C17H18ClNO5S2/c1-24-16-8-7-13(18)11-17(16)26(22,23)19-10-9-15(12-19)25(20,21)14-5-3-2-4-6-14/h2-8,11,15H,9-10,12H2,1H3. The number of sulfonamides is 1. The summed E-state index contributed by atoms with van der Waals surface area (Å²) in [5, 5.41) is -0.526. The minimum Gasteiger partial charge on any atom is -0.495 e. The first kappa shape index (κ1) is 19.2. The molecule has 0 aliphatic carbocycles. The van der Waals surface area contributed by atoms with Crippen molar-refractivity contribution in [2.24, 2.45) is 0 Å². The molecule has 6 nitrogen and oxygen atoms in total. The van der Waals surface area contributed by atoms with Gasteiger partial charge in [-0.1, -0.05) is 29.8 Å². The second-order valence-electron chi connectivity index (χ2n) is 5.93. The van der Waals surface area contributed by atoms with Crippen LogP contribution < -0.4 is 4.74 Å². The van der Waals surface area contributed by atoms with Crippen LogP contribution in [0, 0.1) is 0 Å². The maximum Gasteiger partial charge on any atom is 0.246 e. The van der Waals surface area contributed by atoms with E-state index in [9.17, 15) is 16.8 Å². The molecular weight excluding hydrogens is 398 g/mol. The van der Waals surface area contributed by atoms with Gasteiger partial charge in [0, 0.05) is 18.1 Å². The lowest BCUT2D eigenvalue weighted by atomic mass is 10.3. The zero-order valence-corrected chi connectivity index (χ0v) is 16.4. The minimum absolute atomic E-state index is 0.0646. The second-order valence-corrected chi connectivity index (χ2v) is 10.5. The molecule has 0 radical (unpaired) electrons. The topological polar surface area (TPSA) is 80.8 Å². The van der Waals surface area contributed by atoms with Crippen LogP contribution in [0.25, 0.3) is 0 Å². The fraction of sp³-hybridized carbons (Fsp3) is 0.294. The number of hydrogen-bond donors (Lipinski definition) is 0. The fourth-order valence-electron chi connectivity index (χ4n) is 2.96. The zero-order chi connectivity index (χ0) is 18.9. The van der Waals surface area contributed by atoms with Crippen molar-refractivity contribution < 1.29 is 21.6 Å². The zero-order valence-electron chi connectivity index (χ0n) is 14.0. The van der Waals surface area contributed by atoms with Crippen LogP contribution in [0.5, 0.6) is 5.75 Å². The second kappa shape index (κ2) is 7.19. The smallest absolute Gasteiger partial charge is 0.246 e. The average Bonchev–Trinajstić information content (AvgIpc) is 3.14. The predicted molar refractivity (Wildman–Crippen MR) is 98.8 cm³/mol. The predicted octanol–water partition coefficient (Wildman–Crippen LogP) is 2.59. The number of ether oxygens (including phenoxy) is 1. The maximum atomic E-state index is 13.0. The summed E-state index contributed by atoms with van der Waals surface area (Å²) in [5.41, 5.74) is 0. The number of nitrogens with zero attached hydrogens (tertiary/aromatic N) is 1. The Bertz CT molecular complexity index is 1010. The quantitative estimate of drug-likeness (QED) is 0.749. The van der Waals surface area contributed by atoms with Gasteiger partial charge in [-0.2, -0.15) is 4.31 Å². The molecule has 2 aromatic rings. The van der Waals surface area contributed by atoms with E-state index in [1.54, 1.807) is 18.2 Å². The Labute approximate surface area is 158 Å². The van der Waals surface area contributed by atoms with Gasteiger partial charge in [-0.25, -0.2) is 16.8 Å². The summed E-state index contributed by atoms with van der Waals surface area (Å²) >= 11 is 5.93. The van der Waals surface area contributed by atoms with Gasteiger partial charge in [0.25, 0.3) is 0 Å². The number of hydrogen-bond acceptors (Lipinski definition) is 5. The molecule has 0 amide bonds. The van der Waals surface area contributed by atoms with Crippen molar-refractivity contribution in [1.29, 1.82) is 0 Å². The Morgan fingerprint density at radius 1 is 1.08 bits per heavy atom. The van der Waals surface area contributed by atoms with Crippen LogP contribution in [-0.2, 0) is 19.9 Å². The lowest BCUT2D eigenvalue weighted by Gasteiger charge is -2.18. The third-order valence-corrected chi connectivity index (χ3v) is 8.67. The monoisotopic (exact) mass is 415 g/mol. The van der Waals surface area contributed by atoms with Crippen molar-refractivity contribution in [2.45, 2.75) is 21.5 Å². The highest BCUT2D eigenvalue weighted by Gasteiger charge is 2.40. The molecule has 0 N–H and O–H groups in total. The van der Waals surface area contributed by atoms with Gasteiger partial charge in [0.1, 0.15) is 10.6 Å². The van der Waals surface area contributed by atoms with E-state index in [2.05, 4.69) is 0 Å². The minimum atomic E-state index is -3.92. The highest BCUT2D eigenvalue weighted by molar-refractivity contribution is 7.92. The summed E-state index contributed by atoms with van der Waals surface area (Å²) in [6.45, 7) is 0.0178. The molecule has 0 spiro atoms. The van der Waals surface area contributed by atoms with Gasteiger partial charge in [-0.05, 0) is 36.8 Å². The highest BCUT2D eigenvalue weighted by atomic mass is 35.5. The molecule has 26 heavy (non-hydrogen) atoms. The van der Waals surface area contributed by atoms with Gasteiger partial charge in [-0.15, -0.1) is 0 Å². The van der Waals surface area contributed by atoms with Crippen molar-refractivity contribution in [3.8, 4) is 5.75 Å². The van der Waals surface area contributed by atoms with Crippen LogP contribution in [0.15, 0.2) is 58.3 Å². The Morgan fingerprint density at radius 2 is 1.77 bits per heavy atom. The first-order valence-corrected chi connectivity index (χ1v) is 11.3. The first-order chi connectivity index (χ1) is 12.3. The molecule has 2 aromatic carbocycles. The third-order valence-electron chi connectivity index (χ3n) is 4.36. The molecule has 3 rings (SSSR count). The van der Waals surface area contributed by atoms with E-state index in [4.69, 9.17) is 16.3 Å². The Kier molecular flexibility index (Phi) is 5.30. The highest BCUT2D eigenvalue weighted by Crippen LogP contribution is 2.33. The summed E-state index contributed by atoms with van der Waals surface area (Å²) < 4.78 is 57.7. The molecule has 1 heterocycles. The van der Waals surface area contributed by atoms with Gasteiger partial charge in [0.05, 0.1) is 17.3 Å². The van der Waals surface area contributed by atoms with Crippen LogP contribution in [0.3, 0.4) is 0 Å². The van der Waals surface area contributed by atoms with Crippen LogP contribution >= 0.6 is 11.6 Å². The van der Waals surface area contributed by atoms with Crippen molar-refractivity contribution >= 4 is 31.5 Å². The van der Waals surface area contributed by atoms with Gasteiger partial charge < -0.3 is 4.74 Å². The number of halogens is 1. The lowest BCUT2D eigenvalue weighted by molar-refractivity contribution is 0.398. The normalized spacial score (nSPS) is 18.8. The van der Waals surface area contributed by atoms with Crippen molar-refractivity contribution in [1.82, 2.24) is 4.31 Å². The summed E-state index contributed by atoms with van der Waals surface area (Å²) in [6.07, 6.45) is 0.235. The molecule has 9 heteroatoms. The van der Waals surface area contributed by atoms with Crippen LogP contribution in [0.1, 0.15) is 6.42 Å². The van der Waals surface area contributed by atoms with E-state index in [1.165, 1.54) is 41.7 Å². The van der Waals surface area contributed by atoms with Crippen molar-refractivity contribution in [2.75, 3.05) is 20.2 Å². The number of sulfone groups is 1. The molecule has 0 bridgehead atoms. The lowest BCUT2D eigenvalue weighted by Crippen LogP contribution is -2.32. The van der Waals surface area contributed by atoms with Gasteiger partial charge >= 0.3 is 0 Å². The summed E-state index contributed by atoms with van der Waals surface area (Å²) in [7, 11) is -6.15. The third kappa shape index (κ3) is 3.46. The average molecular weight is 416 g/mol. The first-order valence-electron chi connectivity index (χ1n) is 7.89. The van der Waals surface area contributed by atoms with E-state index >= 15 is 0 Å². The molecule has 1 atom stereocenters. The van der Waals surface area contributed by atoms with Gasteiger partial charge in [0.15, 0.2) is 9.84 Å². The Hall–Kier alpha value is -1.61. The molecule has 0 saturated carbocycles. The Balaban J connectivity index is 1.90. The molecule has 1 aliphatic heterocycles. The van der Waals surface area contributed by atoms with Crippen LogP contribution in [0.4, 0.5) is 0 Å². The number of methoxy groups -OCH3 is 1. The van der Waals surface area contributed by atoms with Crippen molar-refractivity contribution in [3.63, 3.8) is 0 Å². The molecule has 0 aromatic heterocycles. The van der Waals surface area contributed by atoms with Gasteiger partial charge in [0.2, 0.25) is 10.0 Å². The Morgan fingerprint density at radius 3 is 2.42 bits per heavy atom. The van der Waals surface area contributed by atoms with Gasteiger partial charge in [-0.3, -0.25) is 0 Å². The van der Waals surface area contributed by atoms with E-state index < -0.39 is 25.1 Å². The van der Waals surface area contributed by atoms with E-state index in [0.717, 1.165) is 0 Å². The maximum absolute atomic E-state index is 13.0. The molecule has 1 saturated heterocycles. The van der Waals surface area contributed by atoms with E-state index in [-0.39, 0.29) is 40.1 Å². The SMILES string of the molecule is COc1ccc(Cl)cc1S(=O)(=O)N1CCC(S(=O)(=O)c2ccccc2)C1. The molecule has 140 valence electrons. The molecule has 1 unspecified atom stereocenters.